The van der Waals surface area contributed by atoms with Gasteiger partial charge in [-0.3, -0.25) is 9.59 Å². The molecule has 3 aromatic rings. The Morgan fingerprint density at radius 1 is 0.921 bits per heavy atom. The lowest BCUT2D eigenvalue weighted by molar-refractivity contribution is -0.139. The Balaban J connectivity index is 1.58. The molecule has 0 aliphatic heterocycles. The van der Waals surface area contributed by atoms with Crippen molar-refractivity contribution in [3.8, 4) is 0 Å². The fourth-order valence-electron chi connectivity index (χ4n) is 4.86. The average molecular weight is 553 g/mol. The Labute approximate surface area is 234 Å². The minimum absolute atomic E-state index is 0.0216. The molecule has 1 atom stereocenters. The second-order valence-electron chi connectivity index (χ2n) is 9.75. The van der Waals surface area contributed by atoms with E-state index >= 15 is 0 Å². The summed E-state index contributed by atoms with van der Waals surface area (Å²) in [5.74, 6) is -0.0510. The molecule has 2 amide bonds. The van der Waals surface area contributed by atoms with Crippen LogP contribution in [-0.4, -0.2) is 34.6 Å². The molecule has 0 bridgehead atoms. The first-order valence-corrected chi connectivity index (χ1v) is 14.7. The monoisotopic (exact) mass is 552 g/mol. The first kappa shape index (κ1) is 28.2. The maximum absolute atomic E-state index is 14.7. The second kappa shape index (κ2) is 14.4. The summed E-state index contributed by atoms with van der Waals surface area (Å²) >= 11 is 7.74. The molecule has 1 aliphatic rings. The maximum atomic E-state index is 14.7. The molecule has 1 saturated carbocycles. The van der Waals surface area contributed by atoms with Crippen LogP contribution in [0.4, 0.5) is 4.39 Å². The van der Waals surface area contributed by atoms with Crippen molar-refractivity contribution in [1.82, 2.24) is 10.2 Å². The zero-order valence-corrected chi connectivity index (χ0v) is 23.0. The summed E-state index contributed by atoms with van der Waals surface area (Å²) in [4.78, 5) is 29.0. The highest BCUT2D eigenvalue weighted by atomic mass is 35.5. The number of halogens is 2. The summed E-state index contributed by atoms with van der Waals surface area (Å²) < 4.78 is 14.7. The molecule has 0 spiro atoms. The van der Waals surface area contributed by atoms with E-state index in [0.29, 0.717) is 22.8 Å². The maximum Gasteiger partial charge on any atom is 0.243 e. The molecule has 200 valence electrons. The molecular weight excluding hydrogens is 519 g/mol. The molecule has 1 fully saturated rings. The summed E-state index contributed by atoms with van der Waals surface area (Å²) in [5.41, 5.74) is 2.29. The van der Waals surface area contributed by atoms with Crippen LogP contribution < -0.4 is 5.32 Å². The smallest absolute Gasteiger partial charge is 0.243 e. The SMILES string of the molecule is O=C(NC1CCCCC1)C(Cc1ccccc1)N(Cc1ccccc1F)C(=O)CSCc1ccccc1Cl. The number of nitrogens with zero attached hydrogens (tertiary/aromatic N) is 1. The molecule has 4 nitrogen and oxygen atoms in total. The van der Waals surface area contributed by atoms with Crippen LogP contribution in [0.3, 0.4) is 0 Å². The van der Waals surface area contributed by atoms with E-state index in [1.54, 1.807) is 23.1 Å². The van der Waals surface area contributed by atoms with Crippen molar-refractivity contribution in [2.45, 2.75) is 62.9 Å². The van der Waals surface area contributed by atoms with Crippen LogP contribution in [0.25, 0.3) is 0 Å². The molecule has 38 heavy (non-hydrogen) atoms. The molecule has 1 N–H and O–H groups in total. The molecule has 1 unspecified atom stereocenters. The van der Waals surface area contributed by atoms with Crippen molar-refractivity contribution in [2.75, 3.05) is 5.75 Å². The van der Waals surface area contributed by atoms with Crippen LogP contribution in [0.15, 0.2) is 78.9 Å². The fourth-order valence-corrected chi connectivity index (χ4v) is 6.05. The summed E-state index contributed by atoms with van der Waals surface area (Å²) in [6.07, 6.45) is 5.60. The largest absolute Gasteiger partial charge is 0.352 e. The van der Waals surface area contributed by atoms with Gasteiger partial charge in [0.05, 0.1) is 5.75 Å². The highest BCUT2D eigenvalue weighted by Crippen LogP contribution is 2.24. The average Bonchev–Trinajstić information content (AvgIpc) is 2.93. The Hall–Kier alpha value is -2.83. The number of nitrogens with one attached hydrogen (secondary N) is 1. The van der Waals surface area contributed by atoms with E-state index in [1.165, 1.54) is 24.2 Å². The van der Waals surface area contributed by atoms with Gasteiger partial charge in [0.15, 0.2) is 0 Å². The fraction of sp³-hybridized carbons (Fsp3) is 0.355. The van der Waals surface area contributed by atoms with Gasteiger partial charge in [-0.1, -0.05) is 97.6 Å². The topological polar surface area (TPSA) is 49.4 Å². The van der Waals surface area contributed by atoms with Gasteiger partial charge in [0.1, 0.15) is 11.9 Å². The van der Waals surface area contributed by atoms with Crippen LogP contribution in [0.5, 0.6) is 0 Å². The Morgan fingerprint density at radius 2 is 1.58 bits per heavy atom. The van der Waals surface area contributed by atoms with Gasteiger partial charge in [0.25, 0.3) is 0 Å². The number of thioether (sulfide) groups is 1. The van der Waals surface area contributed by atoms with Gasteiger partial charge in [0.2, 0.25) is 11.8 Å². The molecule has 3 aromatic carbocycles. The number of carbonyl (C=O) groups is 2. The van der Waals surface area contributed by atoms with E-state index in [2.05, 4.69) is 5.32 Å². The van der Waals surface area contributed by atoms with E-state index in [9.17, 15) is 14.0 Å². The van der Waals surface area contributed by atoms with Gasteiger partial charge in [-0.05, 0) is 36.1 Å². The quantitative estimate of drug-likeness (QED) is 0.284. The molecule has 4 rings (SSSR count). The van der Waals surface area contributed by atoms with E-state index in [1.807, 2.05) is 54.6 Å². The summed E-state index contributed by atoms with van der Waals surface area (Å²) in [6.45, 7) is 0.0216. The highest BCUT2D eigenvalue weighted by molar-refractivity contribution is 7.99. The third-order valence-electron chi connectivity index (χ3n) is 6.96. The third kappa shape index (κ3) is 8.08. The molecule has 0 heterocycles. The number of carbonyl (C=O) groups excluding carboxylic acids is 2. The van der Waals surface area contributed by atoms with Gasteiger partial charge in [-0.15, -0.1) is 11.8 Å². The lowest BCUT2D eigenvalue weighted by atomic mass is 9.94. The molecule has 0 aromatic heterocycles. The zero-order chi connectivity index (χ0) is 26.7. The lowest BCUT2D eigenvalue weighted by Crippen LogP contribution is -2.53. The Bertz CT molecular complexity index is 1200. The minimum Gasteiger partial charge on any atom is -0.352 e. The normalized spacial score (nSPS) is 14.6. The lowest BCUT2D eigenvalue weighted by Gasteiger charge is -2.33. The number of hydrogen-bond donors (Lipinski definition) is 1. The molecular formula is C31H34ClFN2O2S. The van der Waals surface area contributed by atoms with Crippen LogP contribution in [-0.2, 0) is 28.3 Å². The predicted molar refractivity (Wildman–Crippen MR) is 154 cm³/mol. The minimum atomic E-state index is -0.757. The highest BCUT2D eigenvalue weighted by Gasteiger charge is 2.32. The third-order valence-corrected chi connectivity index (χ3v) is 8.30. The number of rotatable bonds is 11. The van der Waals surface area contributed by atoms with Crippen molar-refractivity contribution >= 4 is 35.2 Å². The predicted octanol–water partition coefficient (Wildman–Crippen LogP) is 6.80. The van der Waals surface area contributed by atoms with Gasteiger partial charge in [-0.25, -0.2) is 4.39 Å². The molecule has 0 saturated heterocycles. The summed E-state index contributed by atoms with van der Waals surface area (Å²) in [7, 11) is 0. The first-order chi connectivity index (χ1) is 18.5. The number of amides is 2. The first-order valence-electron chi connectivity index (χ1n) is 13.2. The number of benzene rings is 3. The molecule has 0 radical (unpaired) electrons. The second-order valence-corrected chi connectivity index (χ2v) is 11.1. The van der Waals surface area contributed by atoms with Crippen molar-refractivity contribution in [2.24, 2.45) is 0 Å². The van der Waals surface area contributed by atoms with Gasteiger partial charge >= 0.3 is 0 Å². The van der Waals surface area contributed by atoms with Crippen LogP contribution in [0.1, 0.15) is 48.8 Å². The Kier molecular flexibility index (Phi) is 10.6. The van der Waals surface area contributed by atoms with Gasteiger partial charge in [-0.2, -0.15) is 0 Å². The van der Waals surface area contributed by atoms with E-state index in [-0.39, 0.29) is 36.0 Å². The van der Waals surface area contributed by atoms with Crippen molar-refractivity contribution in [3.05, 3.63) is 106 Å². The van der Waals surface area contributed by atoms with Crippen molar-refractivity contribution in [1.29, 1.82) is 0 Å². The number of hydrogen-bond acceptors (Lipinski definition) is 3. The zero-order valence-electron chi connectivity index (χ0n) is 21.5. The van der Waals surface area contributed by atoms with Gasteiger partial charge in [0, 0.05) is 35.3 Å². The van der Waals surface area contributed by atoms with Crippen molar-refractivity contribution < 1.29 is 14.0 Å². The van der Waals surface area contributed by atoms with E-state index < -0.39 is 6.04 Å². The van der Waals surface area contributed by atoms with Crippen LogP contribution in [0, 0.1) is 5.82 Å². The molecule has 7 heteroatoms. The standard InChI is InChI=1S/C31H34ClFN2O2S/c32-27-17-9-7-14-25(27)21-38-22-30(36)35(20-24-13-8-10-18-28(24)33)29(19-23-11-3-1-4-12-23)31(37)34-26-15-5-2-6-16-26/h1,3-4,7-14,17-18,26,29H,2,5-6,15-16,19-22H2,(H,34,37). The van der Waals surface area contributed by atoms with E-state index in [0.717, 1.165) is 36.8 Å². The van der Waals surface area contributed by atoms with Crippen molar-refractivity contribution in [3.63, 3.8) is 0 Å². The van der Waals surface area contributed by atoms with E-state index in [4.69, 9.17) is 11.6 Å². The van der Waals surface area contributed by atoms with Crippen LogP contribution in [0.2, 0.25) is 5.02 Å². The summed E-state index contributed by atoms with van der Waals surface area (Å²) in [5, 5.41) is 3.87. The Morgan fingerprint density at radius 3 is 2.29 bits per heavy atom. The molecule has 1 aliphatic carbocycles. The van der Waals surface area contributed by atoms with Gasteiger partial charge < -0.3 is 10.2 Å². The summed E-state index contributed by atoms with van der Waals surface area (Å²) in [6, 6.07) is 23.0. The van der Waals surface area contributed by atoms with Crippen LogP contribution >= 0.6 is 23.4 Å².